The fourth-order valence-electron chi connectivity index (χ4n) is 4.76. The molecule has 0 saturated heterocycles. The third-order valence-electron chi connectivity index (χ3n) is 6.49. The van der Waals surface area contributed by atoms with Gasteiger partial charge in [0.15, 0.2) is 0 Å². The lowest BCUT2D eigenvalue weighted by Gasteiger charge is -2.15. The summed E-state index contributed by atoms with van der Waals surface area (Å²) in [5, 5.41) is 24.5. The molecular formula is C23H24ClN5O5S2. The Hall–Kier alpha value is -2.45. The quantitative estimate of drug-likeness (QED) is 0.310. The minimum absolute atomic E-state index is 0.0439. The van der Waals surface area contributed by atoms with Gasteiger partial charge in [-0.25, -0.2) is 15.1 Å². The van der Waals surface area contributed by atoms with Crippen LogP contribution >= 0.6 is 22.9 Å². The SMILES string of the molecule is NS(=O)(=O)OC[C@H]1C[C@@H](Nc2ncncc2C(=O)c2cc(C3NCc4ccc(Cl)cc43)cs2)C[C@@H]1O. The summed E-state index contributed by atoms with van der Waals surface area (Å²) in [5.74, 6) is -0.283. The summed E-state index contributed by atoms with van der Waals surface area (Å²) < 4.78 is 26.8. The van der Waals surface area contributed by atoms with Crippen molar-refractivity contribution in [1.82, 2.24) is 15.3 Å². The van der Waals surface area contributed by atoms with E-state index in [4.69, 9.17) is 16.7 Å². The van der Waals surface area contributed by atoms with Gasteiger partial charge in [-0.2, -0.15) is 8.42 Å². The molecule has 5 rings (SSSR count). The van der Waals surface area contributed by atoms with Crippen molar-refractivity contribution in [2.45, 2.75) is 37.6 Å². The number of carbonyl (C=O) groups excluding carboxylic acids is 1. The first-order valence-corrected chi connectivity index (χ1v) is 14.0. The Morgan fingerprint density at radius 1 is 1.33 bits per heavy atom. The van der Waals surface area contributed by atoms with Gasteiger partial charge in [0.05, 0.1) is 29.2 Å². The van der Waals surface area contributed by atoms with E-state index < -0.39 is 22.3 Å². The summed E-state index contributed by atoms with van der Waals surface area (Å²) in [4.78, 5) is 22.2. The van der Waals surface area contributed by atoms with Crippen molar-refractivity contribution in [3.05, 3.63) is 74.3 Å². The number of carbonyl (C=O) groups is 1. The van der Waals surface area contributed by atoms with Crippen molar-refractivity contribution in [2.75, 3.05) is 11.9 Å². The number of nitrogens with zero attached hydrogens (tertiary/aromatic N) is 2. The van der Waals surface area contributed by atoms with Crippen molar-refractivity contribution >= 4 is 44.8 Å². The van der Waals surface area contributed by atoms with Gasteiger partial charge in [0, 0.05) is 29.7 Å². The minimum atomic E-state index is -4.09. The van der Waals surface area contributed by atoms with Crippen molar-refractivity contribution in [3.8, 4) is 0 Å². The maximum absolute atomic E-state index is 13.4. The summed E-state index contributed by atoms with van der Waals surface area (Å²) in [6.45, 7) is 0.516. The number of fused-ring (bicyclic) bond motifs is 1. The van der Waals surface area contributed by atoms with E-state index in [0.29, 0.717) is 34.1 Å². The highest BCUT2D eigenvalue weighted by Gasteiger charge is 2.35. The third-order valence-corrected chi connectivity index (χ3v) is 8.14. The topological polar surface area (TPSA) is 157 Å². The number of aliphatic hydroxyl groups excluding tert-OH is 1. The van der Waals surface area contributed by atoms with E-state index in [0.717, 1.165) is 17.7 Å². The van der Waals surface area contributed by atoms with Crippen molar-refractivity contribution in [1.29, 1.82) is 0 Å². The number of nitrogens with one attached hydrogen (secondary N) is 2. The molecule has 5 N–H and O–H groups in total. The molecule has 2 aliphatic rings. The number of aliphatic hydroxyl groups is 1. The van der Waals surface area contributed by atoms with Gasteiger partial charge < -0.3 is 15.7 Å². The lowest BCUT2D eigenvalue weighted by molar-refractivity contribution is 0.101. The summed E-state index contributed by atoms with van der Waals surface area (Å²) in [7, 11) is -4.09. The molecule has 1 fully saturated rings. The van der Waals surface area contributed by atoms with E-state index in [1.807, 2.05) is 29.6 Å². The fourth-order valence-corrected chi connectivity index (χ4v) is 6.19. The van der Waals surface area contributed by atoms with Gasteiger partial charge in [0.1, 0.15) is 12.1 Å². The Balaban J connectivity index is 1.31. The second kappa shape index (κ2) is 10.1. The Morgan fingerprint density at radius 3 is 2.97 bits per heavy atom. The van der Waals surface area contributed by atoms with Crippen LogP contribution < -0.4 is 15.8 Å². The first-order chi connectivity index (χ1) is 17.2. The van der Waals surface area contributed by atoms with E-state index in [9.17, 15) is 18.3 Å². The van der Waals surface area contributed by atoms with Crippen LogP contribution in [0.25, 0.3) is 0 Å². The van der Waals surface area contributed by atoms with Crippen LogP contribution in [0.4, 0.5) is 5.82 Å². The smallest absolute Gasteiger partial charge is 0.333 e. The maximum atomic E-state index is 13.4. The summed E-state index contributed by atoms with van der Waals surface area (Å²) >= 11 is 7.55. The largest absolute Gasteiger partial charge is 0.393 e. The van der Waals surface area contributed by atoms with E-state index in [1.54, 1.807) is 0 Å². The maximum Gasteiger partial charge on any atom is 0.333 e. The number of nitrogens with two attached hydrogens (primary N) is 1. The number of thiophene rings is 1. The standard InChI is InChI=1S/C23H24ClN5O5S2/c24-15-2-1-12-7-27-21(17(12)5-15)14-4-20(35-10-14)22(31)18-8-26-11-28-23(18)29-16-3-13(19(30)6-16)9-34-36(25,32)33/h1-2,4-5,8,10-11,13,16,19,21,27,30H,3,6-7,9H2,(H2,25,32,33)(H,26,28,29)/t13-,16-,19+,21?/m1/s1. The summed E-state index contributed by atoms with van der Waals surface area (Å²) in [5.41, 5.74) is 3.57. The van der Waals surface area contributed by atoms with Gasteiger partial charge in [-0.15, -0.1) is 11.3 Å². The summed E-state index contributed by atoms with van der Waals surface area (Å²) in [6, 6.07) is 7.42. The zero-order valence-electron chi connectivity index (χ0n) is 18.9. The molecule has 1 aliphatic carbocycles. The van der Waals surface area contributed by atoms with E-state index >= 15 is 0 Å². The van der Waals surface area contributed by atoms with E-state index in [-0.39, 0.29) is 24.5 Å². The molecule has 1 aromatic carbocycles. The fraction of sp³-hybridized carbons (Fsp3) is 0.348. The third kappa shape index (κ3) is 5.44. The number of aromatic nitrogens is 2. The molecule has 4 atom stereocenters. The Kier molecular flexibility index (Phi) is 7.10. The average molecular weight is 550 g/mol. The zero-order valence-corrected chi connectivity index (χ0v) is 21.3. The second-order valence-corrected chi connectivity index (χ2v) is 11.5. The molecule has 3 heterocycles. The van der Waals surface area contributed by atoms with Crippen LogP contribution in [0.3, 0.4) is 0 Å². The predicted molar refractivity (Wildman–Crippen MR) is 135 cm³/mol. The molecule has 0 radical (unpaired) electrons. The molecule has 1 unspecified atom stereocenters. The Labute approximate surface area is 217 Å². The zero-order chi connectivity index (χ0) is 25.4. The minimum Gasteiger partial charge on any atom is -0.393 e. The van der Waals surface area contributed by atoms with Gasteiger partial charge in [-0.05, 0) is 53.1 Å². The number of anilines is 1. The first-order valence-electron chi connectivity index (χ1n) is 11.2. The molecule has 2 aromatic heterocycles. The molecule has 13 heteroatoms. The molecule has 10 nitrogen and oxygen atoms in total. The van der Waals surface area contributed by atoms with Gasteiger partial charge in [-0.3, -0.25) is 8.98 Å². The van der Waals surface area contributed by atoms with Crippen LogP contribution in [-0.4, -0.2) is 48.0 Å². The van der Waals surface area contributed by atoms with Crippen molar-refractivity contribution in [3.63, 3.8) is 0 Å². The molecule has 0 bridgehead atoms. The molecule has 1 saturated carbocycles. The number of hydrogen-bond donors (Lipinski definition) is 4. The van der Waals surface area contributed by atoms with Crippen molar-refractivity contribution in [2.24, 2.45) is 11.1 Å². The van der Waals surface area contributed by atoms with Crippen LogP contribution in [-0.2, 0) is 21.0 Å². The highest BCUT2D eigenvalue weighted by atomic mass is 35.5. The summed E-state index contributed by atoms with van der Waals surface area (Å²) in [6.07, 6.45) is 2.80. The van der Waals surface area contributed by atoms with Crippen LogP contribution in [0.5, 0.6) is 0 Å². The van der Waals surface area contributed by atoms with E-state index in [1.165, 1.54) is 29.4 Å². The second-order valence-electron chi connectivity index (χ2n) is 8.93. The van der Waals surface area contributed by atoms with Gasteiger partial charge in [0.25, 0.3) is 0 Å². The number of halogens is 1. The molecule has 36 heavy (non-hydrogen) atoms. The van der Waals surface area contributed by atoms with Gasteiger partial charge in [0.2, 0.25) is 5.78 Å². The van der Waals surface area contributed by atoms with Gasteiger partial charge in [-0.1, -0.05) is 17.7 Å². The number of rotatable bonds is 8. The first kappa shape index (κ1) is 25.2. The average Bonchev–Trinajstić information content (AvgIpc) is 3.55. The molecule has 3 aromatic rings. The monoisotopic (exact) mass is 549 g/mol. The van der Waals surface area contributed by atoms with Crippen LogP contribution in [0, 0.1) is 5.92 Å². The number of hydrogen-bond acceptors (Lipinski definition) is 10. The van der Waals surface area contributed by atoms with Crippen molar-refractivity contribution < 1.29 is 22.5 Å². The Morgan fingerprint density at radius 2 is 2.17 bits per heavy atom. The van der Waals surface area contributed by atoms with E-state index in [2.05, 4.69) is 24.8 Å². The van der Waals surface area contributed by atoms with Gasteiger partial charge >= 0.3 is 10.3 Å². The Bertz CT molecular complexity index is 1400. The molecular weight excluding hydrogens is 526 g/mol. The molecule has 0 spiro atoms. The molecule has 190 valence electrons. The molecule has 0 amide bonds. The van der Waals surface area contributed by atoms with Crippen LogP contribution in [0.1, 0.15) is 50.8 Å². The highest BCUT2D eigenvalue weighted by molar-refractivity contribution is 7.84. The normalized spacial score (nSPS) is 23.5. The van der Waals surface area contributed by atoms with Crippen LogP contribution in [0.2, 0.25) is 5.02 Å². The highest BCUT2D eigenvalue weighted by Crippen LogP contribution is 2.36. The number of benzene rings is 1. The lowest BCUT2D eigenvalue weighted by Crippen LogP contribution is -2.24. The lowest BCUT2D eigenvalue weighted by atomic mass is 10.00. The number of ketones is 1. The predicted octanol–water partition coefficient (Wildman–Crippen LogP) is 2.39. The molecule has 1 aliphatic heterocycles. The van der Waals surface area contributed by atoms with Crippen LogP contribution in [0.15, 0.2) is 42.2 Å².